The Bertz CT molecular complexity index is 506. The van der Waals surface area contributed by atoms with Crippen LogP contribution in [0.25, 0.3) is 0 Å². The zero-order valence-electron chi connectivity index (χ0n) is 8.71. The Balaban J connectivity index is 3.27. The molecule has 1 N–H and O–H groups in total. The van der Waals surface area contributed by atoms with Crippen molar-refractivity contribution in [3.63, 3.8) is 0 Å². The topological polar surface area (TPSA) is 89.3 Å². The van der Waals surface area contributed by atoms with Gasteiger partial charge in [0, 0.05) is 23.4 Å². The minimum absolute atomic E-state index is 0.215. The van der Waals surface area contributed by atoms with Gasteiger partial charge in [-0.1, -0.05) is 13.8 Å². The molecule has 0 spiro atoms. The third kappa shape index (κ3) is 2.96. The number of rotatable bonds is 4. The molecule has 0 aliphatic carbocycles. The first-order valence-corrected chi connectivity index (χ1v) is 6.78. The second kappa shape index (κ2) is 4.42. The first kappa shape index (κ1) is 13.0. The number of aromatic carboxylic acids is 1. The van der Waals surface area contributed by atoms with Crippen LogP contribution in [-0.2, 0) is 15.6 Å². The number of carboxylic acids is 1. The second-order valence-corrected chi connectivity index (χ2v) is 6.24. The Morgan fingerprint density at radius 1 is 1.62 bits per heavy atom. The molecule has 16 heavy (non-hydrogen) atoms. The van der Waals surface area contributed by atoms with Gasteiger partial charge in [-0.3, -0.25) is 4.68 Å². The van der Waals surface area contributed by atoms with Gasteiger partial charge in [0.1, 0.15) is 4.90 Å². The van der Waals surface area contributed by atoms with Gasteiger partial charge in [0.25, 0.3) is 9.05 Å². The van der Waals surface area contributed by atoms with Gasteiger partial charge in [-0.05, 0) is 5.92 Å². The molecule has 0 amide bonds. The summed E-state index contributed by atoms with van der Waals surface area (Å²) in [6.07, 6.45) is 1.13. The SMILES string of the molecule is CC(C)Cn1cc(S(=O)(=O)Cl)c(C(=O)O)n1. The van der Waals surface area contributed by atoms with Crippen molar-refractivity contribution in [1.29, 1.82) is 0 Å². The molecule has 0 aromatic carbocycles. The number of hydrogen-bond acceptors (Lipinski definition) is 4. The summed E-state index contributed by atoms with van der Waals surface area (Å²) in [6, 6.07) is 0. The van der Waals surface area contributed by atoms with Gasteiger partial charge in [-0.15, -0.1) is 0 Å². The van der Waals surface area contributed by atoms with Crippen LogP contribution >= 0.6 is 10.7 Å². The third-order valence-corrected chi connectivity index (χ3v) is 3.07. The fourth-order valence-corrected chi connectivity index (χ4v) is 2.14. The van der Waals surface area contributed by atoms with Crippen molar-refractivity contribution in [1.82, 2.24) is 9.78 Å². The molecular formula is C8H11ClN2O4S. The number of hydrogen-bond donors (Lipinski definition) is 1. The summed E-state index contributed by atoms with van der Waals surface area (Å²) in [5.74, 6) is -1.20. The smallest absolute Gasteiger partial charge is 0.357 e. The molecule has 90 valence electrons. The lowest BCUT2D eigenvalue weighted by Crippen LogP contribution is -2.07. The van der Waals surface area contributed by atoms with E-state index in [4.69, 9.17) is 15.8 Å². The Hall–Kier alpha value is -1.08. The molecule has 0 fully saturated rings. The van der Waals surface area contributed by atoms with Crippen molar-refractivity contribution in [2.75, 3.05) is 0 Å². The zero-order chi connectivity index (χ0) is 12.5. The van der Waals surface area contributed by atoms with Gasteiger partial charge in [-0.25, -0.2) is 13.2 Å². The van der Waals surface area contributed by atoms with Crippen LogP contribution in [0.3, 0.4) is 0 Å². The Morgan fingerprint density at radius 3 is 2.50 bits per heavy atom. The average molecular weight is 267 g/mol. The molecule has 1 heterocycles. The van der Waals surface area contributed by atoms with E-state index in [2.05, 4.69) is 5.10 Å². The van der Waals surface area contributed by atoms with Crippen molar-refractivity contribution in [3.05, 3.63) is 11.9 Å². The molecule has 8 heteroatoms. The van der Waals surface area contributed by atoms with Gasteiger partial charge < -0.3 is 5.11 Å². The molecule has 6 nitrogen and oxygen atoms in total. The maximum absolute atomic E-state index is 11.1. The van der Waals surface area contributed by atoms with Crippen LogP contribution in [0.1, 0.15) is 24.3 Å². The van der Waals surface area contributed by atoms with E-state index >= 15 is 0 Å². The van der Waals surface area contributed by atoms with Gasteiger partial charge >= 0.3 is 5.97 Å². The molecule has 0 radical (unpaired) electrons. The molecule has 0 saturated carbocycles. The highest BCUT2D eigenvalue weighted by molar-refractivity contribution is 8.13. The first-order valence-electron chi connectivity index (χ1n) is 4.47. The van der Waals surface area contributed by atoms with Crippen LogP contribution in [0.5, 0.6) is 0 Å². The predicted molar refractivity (Wildman–Crippen MR) is 57.1 cm³/mol. The molecular weight excluding hydrogens is 256 g/mol. The van der Waals surface area contributed by atoms with Crippen molar-refractivity contribution in [2.24, 2.45) is 5.92 Å². The van der Waals surface area contributed by atoms with E-state index in [-0.39, 0.29) is 5.92 Å². The van der Waals surface area contributed by atoms with E-state index in [1.54, 1.807) is 0 Å². The summed E-state index contributed by atoms with van der Waals surface area (Å²) in [4.78, 5) is 10.3. The molecule has 0 bridgehead atoms. The monoisotopic (exact) mass is 266 g/mol. The first-order chi connectivity index (χ1) is 7.21. The second-order valence-electron chi connectivity index (χ2n) is 3.70. The van der Waals surface area contributed by atoms with E-state index in [0.717, 1.165) is 6.20 Å². The summed E-state index contributed by atoms with van der Waals surface area (Å²) >= 11 is 0. The van der Waals surface area contributed by atoms with Gasteiger partial charge in [0.2, 0.25) is 0 Å². The number of nitrogens with zero attached hydrogens (tertiary/aromatic N) is 2. The van der Waals surface area contributed by atoms with Crippen molar-refractivity contribution < 1.29 is 18.3 Å². The van der Waals surface area contributed by atoms with Crippen LogP contribution in [0.4, 0.5) is 0 Å². The molecule has 0 aliphatic rings. The summed E-state index contributed by atoms with van der Waals surface area (Å²) in [5, 5.41) is 12.4. The van der Waals surface area contributed by atoms with Crippen LogP contribution in [0.15, 0.2) is 11.1 Å². The quantitative estimate of drug-likeness (QED) is 0.826. The standard InChI is InChI=1S/C8H11ClN2O4S/c1-5(2)3-11-4-6(16(9,14)15)7(10-11)8(12)13/h4-5H,3H2,1-2H3,(H,12,13). The summed E-state index contributed by atoms with van der Waals surface area (Å²) < 4.78 is 23.5. The minimum Gasteiger partial charge on any atom is -0.476 e. The maximum Gasteiger partial charge on any atom is 0.357 e. The fraction of sp³-hybridized carbons (Fsp3) is 0.500. The number of halogens is 1. The highest BCUT2D eigenvalue weighted by atomic mass is 35.7. The van der Waals surface area contributed by atoms with Crippen LogP contribution < -0.4 is 0 Å². The van der Waals surface area contributed by atoms with E-state index < -0.39 is 25.6 Å². The fourth-order valence-electron chi connectivity index (χ4n) is 1.20. The molecule has 1 aromatic heterocycles. The normalized spacial score (nSPS) is 12.0. The molecule has 1 aromatic rings. The Kier molecular flexibility index (Phi) is 3.59. The van der Waals surface area contributed by atoms with Crippen molar-refractivity contribution >= 4 is 25.7 Å². The van der Waals surface area contributed by atoms with E-state index in [9.17, 15) is 13.2 Å². The van der Waals surface area contributed by atoms with Gasteiger partial charge in [0.05, 0.1) is 0 Å². The third-order valence-electron chi connectivity index (χ3n) is 1.75. The number of carboxylic acid groups (broad SMARTS) is 1. The molecule has 0 aliphatic heterocycles. The van der Waals surface area contributed by atoms with E-state index in [0.29, 0.717) is 6.54 Å². The highest BCUT2D eigenvalue weighted by Crippen LogP contribution is 2.19. The van der Waals surface area contributed by atoms with Crippen LogP contribution in [0.2, 0.25) is 0 Å². The maximum atomic E-state index is 11.1. The molecule has 1 rings (SSSR count). The van der Waals surface area contributed by atoms with Crippen molar-refractivity contribution in [2.45, 2.75) is 25.3 Å². The lowest BCUT2D eigenvalue weighted by Gasteiger charge is -2.02. The van der Waals surface area contributed by atoms with Crippen molar-refractivity contribution in [3.8, 4) is 0 Å². The zero-order valence-corrected chi connectivity index (χ0v) is 10.3. The van der Waals surface area contributed by atoms with Gasteiger partial charge in [-0.2, -0.15) is 5.10 Å². The van der Waals surface area contributed by atoms with Crippen LogP contribution in [0, 0.1) is 5.92 Å². The number of carbonyl (C=O) groups is 1. The summed E-state index contributed by atoms with van der Waals surface area (Å²) in [7, 11) is 1.03. The Labute approximate surface area is 97.3 Å². The van der Waals surface area contributed by atoms with Crippen LogP contribution in [-0.4, -0.2) is 29.3 Å². The lowest BCUT2D eigenvalue weighted by molar-refractivity contribution is 0.0685. The average Bonchev–Trinajstić information content (AvgIpc) is 2.45. The summed E-state index contributed by atoms with van der Waals surface area (Å²) in [6.45, 7) is 4.22. The Morgan fingerprint density at radius 2 is 2.19 bits per heavy atom. The predicted octanol–water partition coefficient (Wildman–Crippen LogP) is 1.16. The minimum atomic E-state index is -4.09. The van der Waals surface area contributed by atoms with E-state index in [1.807, 2.05) is 13.8 Å². The highest BCUT2D eigenvalue weighted by Gasteiger charge is 2.25. The summed E-state index contributed by atoms with van der Waals surface area (Å²) in [5.41, 5.74) is -0.546. The van der Waals surface area contributed by atoms with Gasteiger partial charge in [0.15, 0.2) is 5.69 Å². The lowest BCUT2D eigenvalue weighted by atomic mass is 10.2. The molecule has 0 unspecified atom stereocenters. The molecule has 0 saturated heterocycles. The number of aromatic nitrogens is 2. The van der Waals surface area contributed by atoms with E-state index in [1.165, 1.54) is 4.68 Å². The largest absolute Gasteiger partial charge is 0.476 e. The molecule has 0 atom stereocenters.